The Balaban J connectivity index is 1.36. The minimum atomic E-state index is -0.219. The number of amides is 3. The standard InChI is InChI=1S/C24H22N2O3/c1-13-4-3-5-19(14(13)2)25-22(27)15-8-10-18(11-9-15)26-23(28)20-16-6-7-17(12-16)21(20)24(26)29/h3-11,16-17,20-21H,12H2,1-2H3,(H,25,27)/t16-,17+,20-,21+. The molecule has 1 N–H and O–H groups in total. The average Bonchev–Trinajstić information content (AvgIpc) is 3.39. The molecule has 146 valence electrons. The number of carbonyl (C=O) groups excluding carboxylic acids is 3. The van der Waals surface area contributed by atoms with Gasteiger partial charge in [-0.05, 0) is 73.6 Å². The monoisotopic (exact) mass is 386 g/mol. The van der Waals surface area contributed by atoms with Crippen molar-refractivity contribution in [2.24, 2.45) is 23.7 Å². The van der Waals surface area contributed by atoms with Gasteiger partial charge in [0, 0.05) is 11.3 Å². The van der Waals surface area contributed by atoms with Crippen molar-refractivity contribution in [3.8, 4) is 0 Å². The molecule has 3 amide bonds. The highest BCUT2D eigenvalue weighted by Gasteiger charge is 2.59. The van der Waals surface area contributed by atoms with E-state index in [2.05, 4.69) is 17.5 Å². The largest absolute Gasteiger partial charge is 0.322 e. The van der Waals surface area contributed by atoms with Crippen LogP contribution >= 0.6 is 0 Å². The molecule has 0 spiro atoms. The number of hydrogen-bond acceptors (Lipinski definition) is 3. The first-order valence-electron chi connectivity index (χ1n) is 9.99. The van der Waals surface area contributed by atoms with Crippen LogP contribution in [0.15, 0.2) is 54.6 Å². The molecule has 2 aromatic carbocycles. The van der Waals surface area contributed by atoms with Crippen LogP contribution in [0.5, 0.6) is 0 Å². The van der Waals surface area contributed by atoms with Crippen molar-refractivity contribution >= 4 is 29.1 Å². The zero-order valence-electron chi connectivity index (χ0n) is 16.4. The van der Waals surface area contributed by atoms with Crippen molar-refractivity contribution in [1.82, 2.24) is 0 Å². The summed E-state index contributed by atoms with van der Waals surface area (Å²) in [4.78, 5) is 39.8. The summed E-state index contributed by atoms with van der Waals surface area (Å²) in [5.41, 5.74) is 3.94. The second-order valence-corrected chi connectivity index (χ2v) is 8.26. The van der Waals surface area contributed by atoms with Gasteiger partial charge in [0.25, 0.3) is 5.91 Å². The Morgan fingerprint density at radius 1 is 0.931 bits per heavy atom. The second-order valence-electron chi connectivity index (χ2n) is 8.26. The fraction of sp³-hybridized carbons (Fsp3) is 0.292. The van der Waals surface area contributed by atoms with E-state index in [1.807, 2.05) is 32.0 Å². The molecule has 2 aliphatic carbocycles. The van der Waals surface area contributed by atoms with Crippen LogP contribution in [0.2, 0.25) is 0 Å². The van der Waals surface area contributed by atoms with Gasteiger partial charge in [-0.3, -0.25) is 19.3 Å². The number of fused-ring (bicyclic) bond motifs is 5. The van der Waals surface area contributed by atoms with E-state index in [9.17, 15) is 14.4 Å². The van der Waals surface area contributed by atoms with E-state index in [-0.39, 0.29) is 41.4 Å². The predicted octanol–water partition coefficient (Wildman–Crippen LogP) is 3.87. The maximum absolute atomic E-state index is 12.9. The van der Waals surface area contributed by atoms with Crippen LogP contribution in [0.1, 0.15) is 27.9 Å². The number of rotatable bonds is 3. The van der Waals surface area contributed by atoms with Gasteiger partial charge in [-0.2, -0.15) is 0 Å². The third kappa shape index (κ3) is 2.64. The van der Waals surface area contributed by atoms with Gasteiger partial charge in [0.1, 0.15) is 0 Å². The summed E-state index contributed by atoms with van der Waals surface area (Å²) in [5.74, 6) is -0.491. The molecule has 2 fully saturated rings. The lowest BCUT2D eigenvalue weighted by molar-refractivity contribution is -0.123. The van der Waals surface area contributed by atoms with E-state index < -0.39 is 0 Å². The molecular formula is C24H22N2O3. The number of allylic oxidation sites excluding steroid dienone is 2. The Hall–Kier alpha value is -3.21. The van der Waals surface area contributed by atoms with Gasteiger partial charge < -0.3 is 5.32 Å². The molecule has 1 saturated carbocycles. The number of anilines is 2. The van der Waals surface area contributed by atoms with Crippen molar-refractivity contribution in [3.05, 3.63) is 71.3 Å². The molecule has 1 aliphatic heterocycles. The second kappa shape index (κ2) is 6.41. The SMILES string of the molecule is Cc1cccc(NC(=O)c2ccc(N3C(=O)[C@@H]4[C@H](C3=O)[C@@H]3C=C[C@H]4C3)cc2)c1C. The van der Waals surface area contributed by atoms with E-state index in [0.29, 0.717) is 11.3 Å². The van der Waals surface area contributed by atoms with Crippen LogP contribution < -0.4 is 10.2 Å². The molecule has 5 rings (SSSR count). The highest BCUT2D eigenvalue weighted by atomic mass is 16.2. The number of carbonyl (C=O) groups is 3. The van der Waals surface area contributed by atoms with E-state index in [0.717, 1.165) is 23.2 Å². The van der Waals surface area contributed by atoms with E-state index in [4.69, 9.17) is 0 Å². The summed E-state index contributed by atoms with van der Waals surface area (Å²) < 4.78 is 0. The van der Waals surface area contributed by atoms with Gasteiger partial charge in [-0.25, -0.2) is 0 Å². The highest BCUT2D eigenvalue weighted by molar-refractivity contribution is 6.23. The fourth-order valence-corrected chi connectivity index (χ4v) is 5.00. The van der Waals surface area contributed by atoms with Gasteiger partial charge >= 0.3 is 0 Å². The smallest absolute Gasteiger partial charge is 0.255 e. The van der Waals surface area contributed by atoms with E-state index in [1.165, 1.54) is 4.90 Å². The van der Waals surface area contributed by atoms with Gasteiger partial charge in [0.2, 0.25) is 11.8 Å². The minimum Gasteiger partial charge on any atom is -0.322 e. The molecule has 1 heterocycles. The number of hydrogen-bond donors (Lipinski definition) is 1. The maximum Gasteiger partial charge on any atom is 0.255 e. The topological polar surface area (TPSA) is 66.5 Å². The predicted molar refractivity (Wildman–Crippen MR) is 111 cm³/mol. The summed E-state index contributed by atoms with van der Waals surface area (Å²) in [7, 11) is 0. The summed E-state index contributed by atoms with van der Waals surface area (Å²) >= 11 is 0. The third-order valence-electron chi connectivity index (χ3n) is 6.71. The molecule has 2 aromatic rings. The fourth-order valence-electron chi connectivity index (χ4n) is 5.00. The molecule has 5 nitrogen and oxygen atoms in total. The van der Waals surface area contributed by atoms with Crippen LogP contribution in [0.25, 0.3) is 0 Å². The van der Waals surface area contributed by atoms with Crippen molar-refractivity contribution in [2.45, 2.75) is 20.3 Å². The lowest BCUT2D eigenvalue weighted by Crippen LogP contribution is -2.32. The number of nitrogens with zero attached hydrogens (tertiary/aromatic N) is 1. The first kappa shape index (κ1) is 17.9. The Bertz CT molecular complexity index is 1040. The molecule has 0 unspecified atom stereocenters. The third-order valence-corrected chi connectivity index (χ3v) is 6.71. The quantitative estimate of drug-likeness (QED) is 0.643. The Labute approximate surface area is 169 Å². The highest BCUT2D eigenvalue weighted by Crippen LogP contribution is 2.53. The number of aryl methyl sites for hydroxylation is 1. The Morgan fingerprint density at radius 2 is 1.55 bits per heavy atom. The van der Waals surface area contributed by atoms with Crippen molar-refractivity contribution in [1.29, 1.82) is 0 Å². The van der Waals surface area contributed by atoms with Crippen LogP contribution in [-0.4, -0.2) is 17.7 Å². The normalized spacial score (nSPS) is 26.9. The van der Waals surface area contributed by atoms with Crippen LogP contribution in [-0.2, 0) is 9.59 Å². The first-order chi connectivity index (χ1) is 14.0. The van der Waals surface area contributed by atoms with Crippen LogP contribution in [0.4, 0.5) is 11.4 Å². The van der Waals surface area contributed by atoms with Crippen LogP contribution in [0, 0.1) is 37.5 Å². The number of nitrogens with one attached hydrogen (secondary N) is 1. The molecule has 1 saturated heterocycles. The molecular weight excluding hydrogens is 364 g/mol. The average molecular weight is 386 g/mol. The van der Waals surface area contributed by atoms with Crippen molar-refractivity contribution < 1.29 is 14.4 Å². The molecule has 0 radical (unpaired) electrons. The van der Waals surface area contributed by atoms with Crippen molar-refractivity contribution in [2.75, 3.05) is 10.2 Å². The van der Waals surface area contributed by atoms with Crippen LogP contribution in [0.3, 0.4) is 0 Å². The van der Waals surface area contributed by atoms with Gasteiger partial charge in [0.05, 0.1) is 17.5 Å². The van der Waals surface area contributed by atoms with Crippen molar-refractivity contribution in [3.63, 3.8) is 0 Å². The summed E-state index contributed by atoms with van der Waals surface area (Å²) in [6, 6.07) is 12.5. The Morgan fingerprint density at radius 3 is 2.17 bits per heavy atom. The summed E-state index contributed by atoms with van der Waals surface area (Å²) in [6.07, 6.45) is 5.08. The lowest BCUT2D eigenvalue weighted by Gasteiger charge is -2.17. The number of imide groups is 1. The zero-order valence-corrected chi connectivity index (χ0v) is 16.4. The first-order valence-corrected chi connectivity index (χ1v) is 9.99. The van der Waals surface area contributed by atoms with Gasteiger partial charge in [0.15, 0.2) is 0 Å². The zero-order chi connectivity index (χ0) is 20.3. The molecule has 4 atom stereocenters. The summed E-state index contributed by atoms with van der Waals surface area (Å²) in [6.45, 7) is 3.97. The van der Waals surface area contributed by atoms with E-state index in [1.54, 1.807) is 24.3 Å². The van der Waals surface area contributed by atoms with Gasteiger partial charge in [-0.1, -0.05) is 24.3 Å². The molecule has 0 aromatic heterocycles. The minimum absolute atomic E-state index is 0.107. The molecule has 3 aliphatic rings. The molecule has 2 bridgehead atoms. The number of benzene rings is 2. The maximum atomic E-state index is 12.9. The summed E-state index contributed by atoms with van der Waals surface area (Å²) in [5, 5.41) is 2.93. The Kier molecular flexibility index (Phi) is 3.95. The van der Waals surface area contributed by atoms with Gasteiger partial charge in [-0.15, -0.1) is 0 Å². The lowest BCUT2D eigenvalue weighted by atomic mass is 9.85. The van der Waals surface area contributed by atoms with E-state index >= 15 is 0 Å². The molecule has 29 heavy (non-hydrogen) atoms. The molecule has 5 heteroatoms.